The van der Waals surface area contributed by atoms with Gasteiger partial charge in [0.05, 0.1) is 27.6 Å². The largest absolute Gasteiger partial charge is 0.480 e. The summed E-state index contributed by atoms with van der Waals surface area (Å²) in [5.41, 5.74) is 2.19. The van der Waals surface area contributed by atoms with Crippen LogP contribution in [0.15, 0.2) is 41.0 Å². The lowest BCUT2D eigenvalue weighted by molar-refractivity contribution is -0.138. The van der Waals surface area contributed by atoms with Crippen molar-refractivity contribution in [1.29, 1.82) is 0 Å². The summed E-state index contributed by atoms with van der Waals surface area (Å²) in [6, 6.07) is 6.85. The molecule has 2 N–H and O–H groups in total. The quantitative estimate of drug-likeness (QED) is 0.492. The van der Waals surface area contributed by atoms with Crippen LogP contribution in [-0.4, -0.2) is 60.8 Å². The molecule has 2 heterocycles. The number of halogens is 2. The molecule has 1 aliphatic heterocycles. The zero-order chi connectivity index (χ0) is 25.5. The van der Waals surface area contributed by atoms with Crippen LogP contribution in [0.2, 0.25) is 10.0 Å². The van der Waals surface area contributed by atoms with Gasteiger partial charge in [0.15, 0.2) is 0 Å². The van der Waals surface area contributed by atoms with Crippen LogP contribution in [0.1, 0.15) is 31.8 Å². The summed E-state index contributed by atoms with van der Waals surface area (Å²) in [7, 11) is -3.68. The molecule has 0 saturated carbocycles. The third-order valence-corrected chi connectivity index (χ3v) is 7.35. The number of sulfone groups is 1. The van der Waals surface area contributed by atoms with Crippen LogP contribution in [0.3, 0.4) is 0 Å². The van der Waals surface area contributed by atoms with Gasteiger partial charge in [-0.25, -0.2) is 13.2 Å². The Bertz CT molecular complexity index is 1470. The maximum absolute atomic E-state index is 13.1. The Hall–Kier alpha value is -3.08. The van der Waals surface area contributed by atoms with E-state index >= 15 is 0 Å². The van der Waals surface area contributed by atoms with Gasteiger partial charge in [-0.05, 0) is 41.8 Å². The summed E-state index contributed by atoms with van der Waals surface area (Å²) < 4.78 is 28.4. The maximum atomic E-state index is 13.1. The molecule has 0 saturated heterocycles. The number of nitrogens with zero attached hydrogens (tertiary/aromatic N) is 1. The summed E-state index contributed by atoms with van der Waals surface area (Å²) >= 11 is 12.8. The Morgan fingerprint density at radius 3 is 2.63 bits per heavy atom. The molecular formula is C23H20Cl2N2O7S. The molecular weight excluding hydrogens is 519 g/mol. The smallest absolute Gasteiger partial charge is 0.327 e. The van der Waals surface area contributed by atoms with E-state index in [2.05, 4.69) is 5.32 Å². The summed E-state index contributed by atoms with van der Waals surface area (Å²) in [6.45, 7) is 0.536. The van der Waals surface area contributed by atoms with Gasteiger partial charge in [-0.2, -0.15) is 0 Å². The van der Waals surface area contributed by atoms with Crippen molar-refractivity contribution in [2.75, 3.05) is 18.6 Å². The molecule has 0 radical (unpaired) electrons. The molecule has 2 amide bonds. The van der Waals surface area contributed by atoms with Crippen molar-refractivity contribution in [2.24, 2.45) is 0 Å². The second kappa shape index (κ2) is 9.52. The Kier molecular flexibility index (Phi) is 6.81. The van der Waals surface area contributed by atoms with Crippen LogP contribution in [0.4, 0.5) is 0 Å². The zero-order valence-corrected chi connectivity index (χ0v) is 20.7. The first-order chi connectivity index (χ1) is 16.4. The predicted molar refractivity (Wildman–Crippen MR) is 130 cm³/mol. The highest BCUT2D eigenvalue weighted by Crippen LogP contribution is 2.35. The fourth-order valence-electron chi connectivity index (χ4n) is 4.01. The number of carboxylic acids is 1. The Balaban J connectivity index is 1.57. The number of rotatable bonds is 6. The van der Waals surface area contributed by atoms with Gasteiger partial charge in [-0.1, -0.05) is 29.3 Å². The van der Waals surface area contributed by atoms with Crippen molar-refractivity contribution >= 4 is 61.8 Å². The van der Waals surface area contributed by atoms with E-state index in [9.17, 15) is 27.9 Å². The van der Waals surface area contributed by atoms with Crippen LogP contribution < -0.4 is 5.32 Å². The number of hydrogen-bond acceptors (Lipinski definition) is 6. The van der Waals surface area contributed by atoms with E-state index in [0.717, 1.165) is 11.6 Å². The number of benzene rings is 2. The molecule has 0 fully saturated rings. The fraction of sp³-hybridized carbons (Fsp3) is 0.261. The first kappa shape index (κ1) is 25.0. The van der Waals surface area contributed by atoms with E-state index in [-0.39, 0.29) is 28.1 Å². The van der Waals surface area contributed by atoms with Gasteiger partial charge in [-0.3, -0.25) is 9.59 Å². The van der Waals surface area contributed by atoms with Crippen molar-refractivity contribution in [2.45, 2.75) is 19.0 Å². The molecule has 12 heteroatoms. The number of carboxylic acid groups (broad SMARTS) is 1. The van der Waals surface area contributed by atoms with Crippen LogP contribution >= 0.6 is 23.2 Å². The maximum Gasteiger partial charge on any atom is 0.327 e. The number of aliphatic carboxylic acids is 1. The number of carbonyl (C=O) groups excluding carboxylic acids is 2. The first-order valence-electron chi connectivity index (χ1n) is 10.4. The van der Waals surface area contributed by atoms with Crippen LogP contribution in [0, 0.1) is 0 Å². The van der Waals surface area contributed by atoms with Gasteiger partial charge in [0.25, 0.3) is 11.8 Å². The molecule has 1 aromatic heterocycles. The minimum atomic E-state index is -3.68. The van der Waals surface area contributed by atoms with Crippen molar-refractivity contribution in [3.05, 3.63) is 68.9 Å². The standard InChI is InChI=1S/C23H20Cl2N2O7S/c1-35(32,33)11-17(23(30)31)26-21(28)19-16(24)8-14-10-27(6-4-15(14)20(19)25)22(29)13-3-2-12-5-7-34-18(12)9-13/h2-3,5,7-9,17H,4,6,10-11H2,1H3,(H,26,28)(H,30,31). The lowest BCUT2D eigenvalue weighted by Crippen LogP contribution is -2.45. The van der Waals surface area contributed by atoms with E-state index in [0.29, 0.717) is 35.2 Å². The highest BCUT2D eigenvalue weighted by molar-refractivity contribution is 7.90. The Labute approximate surface area is 210 Å². The lowest BCUT2D eigenvalue weighted by Gasteiger charge is -2.30. The SMILES string of the molecule is CS(=O)(=O)CC(NC(=O)c1c(Cl)cc2c(c1Cl)CCN(C(=O)c1ccc3ccoc3c1)C2)C(=O)O. The zero-order valence-electron chi connectivity index (χ0n) is 18.4. The normalized spacial score (nSPS) is 14.4. The molecule has 3 aromatic rings. The van der Waals surface area contributed by atoms with Gasteiger partial charge < -0.3 is 19.7 Å². The van der Waals surface area contributed by atoms with E-state index in [4.69, 9.17) is 27.6 Å². The predicted octanol–water partition coefficient (Wildman–Crippen LogP) is 3.17. The molecule has 0 bridgehead atoms. The van der Waals surface area contributed by atoms with E-state index in [1.165, 1.54) is 6.07 Å². The number of fused-ring (bicyclic) bond motifs is 2. The fourth-order valence-corrected chi connectivity index (χ4v) is 5.61. The molecule has 1 aliphatic rings. The number of nitrogens with one attached hydrogen (secondary N) is 1. The lowest BCUT2D eigenvalue weighted by atomic mass is 9.96. The Morgan fingerprint density at radius 2 is 1.94 bits per heavy atom. The van der Waals surface area contributed by atoms with E-state index in [1.807, 2.05) is 0 Å². The van der Waals surface area contributed by atoms with Crippen molar-refractivity contribution in [1.82, 2.24) is 10.2 Å². The van der Waals surface area contributed by atoms with Crippen LogP contribution in [0.25, 0.3) is 11.0 Å². The average Bonchev–Trinajstić information content (AvgIpc) is 3.24. The van der Waals surface area contributed by atoms with Gasteiger partial charge >= 0.3 is 5.97 Å². The second-order valence-corrected chi connectivity index (χ2v) is 11.3. The molecule has 1 unspecified atom stereocenters. The molecule has 0 spiro atoms. The van der Waals surface area contributed by atoms with E-state index < -0.39 is 33.5 Å². The number of hydrogen-bond donors (Lipinski definition) is 2. The van der Waals surface area contributed by atoms with Gasteiger partial charge in [0, 0.05) is 30.3 Å². The summed E-state index contributed by atoms with van der Waals surface area (Å²) in [5, 5.41) is 12.4. The Morgan fingerprint density at radius 1 is 1.20 bits per heavy atom. The second-order valence-electron chi connectivity index (χ2n) is 8.29. The molecule has 4 rings (SSSR count). The van der Waals surface area contributed by atoms with Crippen LogP contribution in [0.5, 0.6) is 0 Å². The van der Waals surface area contributed by atoms with Gasteiger partial charge in [0.2, 0.25) is 0 Å². The number of furan rings is 1. The summed E-state index contributed by atoms with van der Waals surface area (Å²) in [5.74, 6) is -3.39. The molecule has 2 aromatic carbocycles. The number of amides is 2. The third-order valence-electron chi connectivity index (χ3n) is 5.70. The first-order valence-corrected chi connectivity index (χ1v) is 13.2. The molecule has 184 valence electrons. The number of carbonyl (C=O) groups is 3. The van der Waals surface area contributed by atoms with Crippen molar-refractivity contribution < 1.29 is 32.3 Å². The highest BCUT2D eigenvalue weighted by Gasteiger charge is 2.30. The summed E-state index contributed by atoms with van der Waals surface area (Å²) in [4.78, 5) is 38.9. The summed E-state index contributed by atoms with van der Waals surface area (Å²) in [6.07, 6.45) is 2.76. The van der Waals surface area contributed by atoms with E-state index in [1.54, 1.807) is 35.4 Å². The van der Waals surface area contributed by atoms with Crippen LogP contribution in [-0.2, 0) is 27.6 Å². The van der Waals surface area contributed by atoms with Crippen molar-refractivity contribution in [3.8, 4) is 0 Å². The topological polar surface area (TPSA) is 134 Å². The average molecular weight is 539 g/mol. The molecule has 0 aliphatic carbocycles. The molecule has 35 heavy (non-hydrogen) atoms. The van der Waals surface area contributed by atoms with Gasteiger partial charge in [0.1, 0.15) is 21.5 Å². The third kappa shape index (κ3) is 5.29. The minimum absolute atomic E-state index is 0.0394. The van der Waals surface area contributed by atoms with Gasteiger partial charge in [-0.15, -0.1) is 0 Å². The molecule has 9 nitrogen and oxygen atoms in total. The molecule has 1 atom stereocenters. The highest BCUT2D eigenvalue weighted by atomic mass is 35.5. The van der Waals surface area contributed by atoms with Crippen molar-refractivity contribution in [3.63, 3.8) is 0 Å². The minimum Gasteiger partial charge on any atom is -0.480 e. The monoisotopic (exact) mass is 538 g/mol.